The number of nitrogens with zero attached hydrogens (tertiary/aromatic N) is 1. The Kier molecular flexibility index (Phi) is 8.52. The van der Waals surface area contributed by atoms with Gasteiger partial charge >= 0.3 is 7.12 Å². The number of aliphatic hydroxyl groups excluding tert-OH is 2. The van der Waals surface area contributed by atoms with Gasteiger partial charge in [0.2, 0.25) is 11.8 Å². The molecule has 2 aromatic rings. The van der Waals surface area contributed by atoms with E-state index >= 15 is 0 Å². The number of rotatable bonds is 9. The first-order valence-corrected chi connectivity index (χ1v) is 13.0. The maximum atomic E-state index is 13.6. The van der Waals surface area contributed by atoms with Gasteiger partial charge < -0.3 is 25.4 Å². The SMILES string of the molecule is CC/C(=C\c1cccc(O)c1)CC[C@@H](O)C1=C(C)C[C@H]2C(=O)N(c3cccc(B(O)O)c3)C(=O)[C@H]2[C@H]1CO. The van der Waals surface area contributed by atoms with Crippen LogP contribution < -0.4 is 10.4 Å². The van der Waals surface area contributed by atoms with Crippen LogP contribution in [0.5, 0.6) is 5.75 Å². The van der Waals surface area contributed by atoms with Crippen molar-refractivity contribution in [3.8, 4) is 5.75 Å². The van der Waals surface area contributed by atoms with Crippen molar-refractivity contribution >= 4 is 36.2 Å². The second-order valence-corrected chi connectivity index (χ2v) is 10.1. The Hall–Kier alpha value is -3.24. The van der Waals surface area contributed by atoms with Gasteiger partial charge in [0.25, 0.3) is 0 Å². The van der Waals surface area contributed by atoms with Crippen molar-refractivity contribution in [2.24, 2.45) is 17.8 Å². The van der Waals surface area contributed by atoms with Crippen molar-refractivity contribution in [3.05, 3.63) is 70.8 Å². The number of hydrogen-bond donors (Lipinski definition) is 5. The van der Waals surface area contributed by atoms with E-state index in [0.717, 1.165) is 28.0 Å². The summed E-state index contributed by atoms with van der Waals surface area (Å²) in [6.45, 7) is 3.48. The van der Waals surface area contributed by atoms with Crippen molar-refractivity contribution in [2.45, 2.75) is 45.6 Å². The summed E-state index contributed by atoms with van der Waals surface area (Å²) in [5.41, 5.74) is 3.79. The molecule has 200 valence electrons. The number of aliphatic hydroxyl groups is 2. The number of benzene rings is 2. The van der Waals surface area contributed by atoms with Gasteiger partial charge in [-0.1, -0.05) is 48.4 Å². The molecule has 4 atom stereocenters. The number of amides is 2. The summed E-state index contributed by atoms with van der Waals surface area (Å²) in [7, 11) is -1.74. The lowest BCUT2D eigenvalue weighted by Gasteiger charge is -2.35. The molecular formula is C29H34BNO7. The van der Waals surface area contributed by atoms with Crippen LogP contribution in [0.3, 0.4) is 0 Å². The highest BCUT2D eigenvalue weighted by Gasteiger charge is 2.54. The minimum atomic E-state index is -1.74. The van der Waals surface area contributed by atoms with E-state index < -0.39 is 42.8 Å². The molecule has 1 saturated heterocycles. The zero-order chi connectivity index (χ0) is 27.6. The van der Waals surface area contributed by atoms with Gasteiger partial charge in [-0.05, 0) is 73.5 Å². The number of phenols is 1. The topological polar surface area (TPSA) is 139 Å². The van der Waals surface area contributed by atoms with E-state index in [-0.39, 0.29) is 23.5 Å². The first-order chi connectivity index (χ1) is 18.2. The van der Waals surface area contributed by atoms with Gasteiger partial charge in [-0.15, -0.1) is 0 Å². The highest BCUT2D eigenvalue weighted by Crippen LogP contribution is 2.47. The summed E-state index contributed by atoms with van der Waals surface area (Å²) in [5.74, 6) is -2.83. The summed E-state index contributed by atoms with van der Waals surface area (Å²) in [6, 6.07) is 12.9. The van der Waals surface area contributed by atoms with Crippen LogP contribution in [0.1, 0.15) is 45.1 Å². The molecule has 38 heavy (non-hydrogen) atoms. The third kappa shape index (κ3) is 5.47. The van der Waals surface area contributed by atoms with E-state index in [2.05, 4.69) is 0 Å². The standard InChI is InChI=1S/C29H34BNO7/c1-3-18(13-19-6-4-9-22(33)14-19)10-11-25(34)26-17(2)12-23-27(24(26)16-32)29(36)31(28(23)35)21-8-5-7-20(15-21)30(37)38/h4-9,13-15,23-25,27,32-34,37-38H,3,10-12,16H2,1-2H3/b18-13+/t23-,24+,25-,27-/m1/s1. The maximum absolute atomic E-state index is 13.6. The summed E-state index contributed by atoms with van der Waals surface area (Å²) in [5, 5.41) is 50.4. The Morgan fingerprint density at radius 3 is 2.53 bits per heavy atom. The summed E-state index contributed by atoms with van der Waals surface area (Å²) in [4.78, 5) is 28.0. The molecule has 2 amide bonds. The largest absolute Gasteiger partial charge is 0.508 e. The Morgan fingerprint density at radius 1 is 1.13 bits per heavy atom. The molecule has 1 heterocycles. The molecule has 1 aliphatic carbocycles. The fourth-order valence-corrected chi connectivity index (χ4v) is 5.87. The van der Waals surface area contributed by atoms with E-state index in [9.17, 15) is 35.0 Å². The third-order valence-corrected chi connectivity index (χ3v) is 7.74. The van der Waals surface area contributed by atoms with Crippen LogP contribution in [0.2, 0.25) is 0 Å². The highest BCUT2D eigenvalue weighted by molar-refractivity contribution is 6.58. The van der Waals surface area contributed by atoms with Crippen molar-refractivity contribution < 1.29 is 35.0 Å². The fourth-order valence-electron chi connectivity index (χ4n) is 5.87. The van der Waals surface area contributed by atoms with Gasteiger partial charge in [0.05, 0.1) is 30.2 Å². The Morgan fingerprint density at radius 2 is 1.87 bits per heavy atom. The number of phenolic OH excluding ortho intramolecular Hbond substituents is 1. The number of carbonyl (C=O) groups excluding carboxylic acids is 2. The number of allylic oxidation sites excluding steroid dienone is 2. The van der Waals surface area contributed by atoms with Crippen LogP contribution in [-0.4, -0.2) is 57.0 Å². The lowest BCUT2D eigenvalue weighted by Crippen LogP contribution is -2.39. The summed E-state index contributed by atoms with van der Waals surface area (Å²) < 4.78 is 0. The number of imide groups is 1. The molecule has 0 saturated carbocycles. The van der Waals surface area contributed by atoms with Crippen molar-refractivity contribution in [2.75, 3.05) is 11.5 Å². The highest BCUT2D eigenvalue weighted by atomic mass is 16.4. The average molecular weight is 519 g/mol. The second-order valence-electron chi connectivity index (χ2n) is 10.1. The molecule has 0 radical (unpaired) electrons. The second kappa shape index (κ2) is 11.7. The van der Waals surface area contributed by atoms with Crippen LogP contribution >= 0.6 is 0 Å². The quantitative estimate of drug-likeness (QED) is 0.194. The first-order valence-electron chi connectivity index (χ1n) is 13.0. The van der Waals surface area contributed by atoms with Crippen molar-refractivity contribution in [1.82, 2.24) is 0 Å². The van der Waals surface area contributed by atoms with Gasteiger partial charge in [-0.3, -0.25) is 14.5 Å². The molecule has 0 unspecified atom stereocenters. The van der Waals surface area contributed by atoms with Gasteiger partial charge in [-0.2, -0.15) is 0 Å². The van der Waals surface area contributed by atoms with Gasteiger partial charge in [0, 0.05) is 5.92 Å². The van der Waals surface area contributed by atoms with E-state index in [1.807, 2.05) is 26.0 Å². The molecule has 2 aliphatic rings. The summed E-state index contributed by atoms with van der Waals surface area (Å²) >= 11 is 0. The molecule has 1 aliphatic heterocycles. The normalized spacial score (nSPS) is 22.6. The molecule has 5 N–H and O–H groups in total. The first kappa shape index (κ1) is 27.8. The molecule has 4 rings (SSSR count). The van der Waals surface area contributed by atoms with Crippen molar-refractivity contribution in [3.63, 3.8) is 0 Å². The van der Waals surface area contributed by atoms with Gasteiger partial charge in [-0.25, -0.2) is 0 Å². The van der Waals surface area contributed by atoms with Gasteiger partial charge in [0.1, 0.15) is 5.75 Å². The van der Waals surface area contributed by atoms with Crippen LogP contribution in [0, 0.1) is 17.8 Å². The van der Waals surface area contributed by atoms with E-state index in [1.54, 1.807) is 30.3 Å². The smallest absolute Gasteiger partial charge is 0.488 e. The number of anilines is 1. The lowest BCUT2D eigenvalue weighted by molar-refractivity contribution is -0.123. The van der Waals surface area contributed by atoms with Crippen LogP contribution in [0.4, 0.5) is 5.69 Å². The Bertz CT molecular complexity index is 1270. The molecule has 1 fully saturated rings. The number of aromatic hydroxyl groups is 1. The summed E-state index contributed by atoms with van der Waals surface area (Å²) in [6.07, 6.45) is 3.14. The lowest BCUT2D eigenvalue weighted by atomic mass is 9.68. The zero-order valence-electron chi connectivity index (χ0n) is 21.6. The Balaban J connectivity index is 1.55. The average Bonchev–Trinajstić information content (AvgIpc) is 3.14. The predicted molar refractivity (Wildman–Crippen MR) is 145 cm³/mol. The minimum Gasteiger partial charge on any atom is -0.508 e. The molecule has 0 spiro atoms. The van der Waals surface area contributed by atoms with E-state index in [0.29, 0.717) is 24.8 Å². The van der Waals surface area contributed by atoms with Crippen LogP contribution in [0.25, 0.3) is 6.08 Å². The molecule has 8 nitrogen and oxygen atoms in total. The number of fused-ring (bicyclic) bond motifs is 1. The zero-order valence-corrected chi connectivity index (χ0v) is 21.6. The van der Waals surface area contributed by atoms with E-state index in [4.69, 9.17) is 0 Å². The number of hydrogen-bond acceptors (Lipinski definition) is 7. The van der Waals surface area contributed by atoms with Crippen LogP contribution in [0.15, 0.2) is 65.3 Å². The van der Waals surface area contributed by atoms with Crippen LogP contribution in [-0.2, 0) is 9.59 Å². The fraction of sp³-hybridized carbons (Fsp3) is 0.379. The molecule has 0 bridgehead atoms. The van der Waals surface area contributed by atoms with E-state index in [1.165, 1.54) is 12.1 Å². The molecular weight excluding hydrogens is 485 g/mol. The molecule has 0 aromatic heterocycles. The van der Waals surface area contributed by atoms with Crippen molar-refractivity contribution in [1.29, 1.82) is 0 Å². The Labute approximate surface area is 222 Å². The number of carbonyl (C=O) groups is 2. The third-order valence-electron chi connectivity index (χ3n) is 7.74. The minimum absolute atomic E-state index is 0.160. The molecule has 2 aromatic carbocycles. The van der Waals surface area contributed by atoms with Gasteiger partial charge in [0.15, 0.2) is 0 Å². The monoisotopic (exact) mass is 519 g/mol. The molecule has 9 heteroatoms. The maximum Gasteiger partial charge on any atom is 0.488 e. The predicted octanol–water partition coefficient (Wildman–Crippen LogP) is 2.14.